The Morgan fingerprint density at radius 1 is 1.05 bits per heavy atom. The van der Waals surface area contributed by atoms with E-state index in [9.17, 15) is 19.1 Å². The summed E-state index contributed by atoms with van der Waals surface area (Å²) in [6, 6.07) is 8.34. The van der Waals surface area contributed by atoms with Crippen molar-refractivity contribution in [3.63, 3.8) is 0 Å². The largest absolute Gasteiger partial charge is 0.481 e. The van der Waals surface area contributed by atoms with E-state index in [0.29, 0.717) is 62.3 Å². The second-order valence-electron chi connectivity index (χ2n) is 13.5. The highest BCUT2D eigenvalue weighted by atomic mass is 32.1. The van der Waals surface area contributed by atoms with Gasteiger partial charge in [0.05, 0.1) is 21.5 Å². The number of anilines is 1. The molecule has 1 atom stereocenters. The Labute approximate surface area is 262 Å². The monoisotopic (exact) mass is 616 g/mol. The number of carbonyl (C=O) groups is 2. The Kier molecular flexibility index (Phi) is 8.16. The van der Waals surface area contributed by atoms with E-state index < -0.39 is 5.97 Å². The molecular formula is C35H41FN4O3S. The number of rotatable bonds is 8. The van der Waals surface area contributed by atoms with Crippen molar-refractivity contribution in [2.45, 2.75) is 76.5 Å². The van der Waals surface area contributed by atoms with Crippen molar-refractivity contribution < 1.29 is 19.1 Å². The van der Waals surface area contributed by atoms with Gasteiger partial charge in [0.15, 0.2) is 0 Å². The van der Waals surface area contributed by atoms with Crippen LogP contribution in [0.3, 0.4) is 0 Å². The summed E-state index contributed by atoms with van der Waals surface area (Å²) in [5.74, 6) is 0.365. The van der Waals surface area contributed by atoms with E-state index in [2.05, 4.69) is 28.3 Å². The van der Waals surface area contributed by atoms with Crippen LogP contribution in [-0.4, -0.2) is 38.3 Å². The molecule has 1 N–H and O–H groups in total. The van der Waals surface area contributed by atoms with Crippen LogP contribution in [0.25, 0.3) is 16.5 Å². The number of hydrogen-bond donors (Lipinski definition) is 1. The molecule has 3 aromatic rings. The predicted octanol–water partition coefficient (Wildman–Crippen LogP) is 7.48. The first-order valence-electron chi connectivity index (χ1n) is 16.3. The standard InChI is InChI=1S/C35H41FN4O3S/c1-39-30-16-15-26(18-29(30)32(36)38-39)22-7-5-21(6-8-22)20-40(34(41)24-11-13-25(14-12-24)35(42)43)28-4-2-3-27(17-28)31-19-37-33(44-31)23-9-10-23/h2-4,15-17,19,21-26H,5-14,18,20H2,1H3,(H,42,43). The van der Waals surface area contributed by atoms with E-state index in [1.165, 1.54) is 17.8 Å². The fourth-order valence-electron chi connectivity index (χ4n) is 7.74. The number of aromatic nitrogens is 3. The molecule has 232 valence electrons. The molecule has 0 bridgehead atoms. The van der Waals surface area contributed by atoms with Crippen molar-refractivity contribution in [2.75, 3.05) is 11.4 Å². The fraction of sp³-hybridized carbons (Fsp3) is 0.543. The lowest BCUT2D eigenvalue weighted by Gasteiger charge is -2.37. The molecule has 9 heteroatoms. The maximum atomic E-state index is 14.4. The molecule has 0 spiro atoms. The number of amides is 1. The van der Waals surface area contributed by atoms with Crippen LogP contribution in [0.1, 0.15) is 86.4 Å². The van der Waals surface area contributed by atoms with Gasteiger partial charge in [0.25, 0.3) is 0 Å². The quantitative estimate of drug-likeness (QED) is 0.284. The van der Waals surface area contributed by atoms with Gasteiger partial charge in [-0.05, 0) is 112 Å². The van der Waals surface area contributed by atoms with Crippen molar-refractivity contribution in [3.05, 3.63) is 58.8 Å². The van der Waals surface area contributed by atoms with Crippen LogP contribution in [-0.2, 0) is 23.1 Å². The van der Waals surface area contributed by atoms with Crippen LogP contribution in [0.2, 0.25) is 0 Å². The van der Waals surface area contributed by atoms with E-state index in [4.69, 9.17) is 0 Å². The van der Waals surface area contributed by atoms with E-state index >= 15 is 0 Å². The smallest absolute Gasteiger partial charge is 0.306 e. The zero-order valence-corrected chi connectivity index (χ0v) is 26.1. The molecule has 0 saturated heterocycles. The normalized spacial score (nSPS) is 26.7. The Bertz CT molecular complexity index is 1560. The molecule has 1 unspecified atom stereocenters. The number of carbonyl (C=O) groups excluding carboxylic acids is 1. The SMILES string of the molecule is Cn1nc(F)c2c1C=CC(C1CCC(CN(C(=O)C3CCC(C(=O)O)CC3)c3cccc(-c4cnc(C5CC5)s4)c3)CC1)C2. The molecule has 2 heterocycles. The van der Waals surface area contributed by atoms with Crippen LogP contribution in [0.15, 0.2) is 36.5 Å². The number of fused-ring (bicyclic) bond motifs is 1. The van der Waals surface area contributed by atoms with Crippen molar-refractivity contribution >= 4 is 35.0 Å². The molecule has 3 fully saturated rings. The van der Waals surface area contributed by atoms with Gasteiger partial charge in [-0.3, -0.25) is 14.3 Å². The van der Waals surface area contributed by atoms with Gasteiger partial charge >= 0.3 is 5.97 Å². The highest BCUT2D eigenvalue weighted by Gasteiger charge is 2.36. The Morgan fingerprint density at radius 2 is 1.80 bits per heavy atom. The average molecular weight is 617 g/mol. The third-order valence-electron chi connectivity index (χ3n) is 10.6. The first kappa shape index (κ1) is 29.4. The number of allylic oxidation sites excluding steroid dienone is 1. The summed E-state index contributed by atoms with van der Waals surface area (Å²) in [7, 11) is 1.79. The molecule has 3 saturated carbocycles. The lowest BCUT2D eigenvalue weighted by atomic mass is 9.72. The highest BCUT2D eigenvalue weighted by Crippen LogP contribution is 2.44. The average Bonchev–Trinajstić information content (AvgIpc) is 3.71. The molecular weight excluding hydrogens is 575 g/mol. The summed E-state index contributed by atoms with van der Waals surface area (Å²) in [5, 5.41) is 14.7. The molecule has 7 rings (SSSR count). The predicted molar refractivity (Wildman–Crippen MR) is 170 cm³/mol. The molecule has 2 aromatic heterocycles. The van der Waals surface area contributed by atoms with Gasteiger partial charge < -0.3 is 10.0 Å². The summed E-state index contributed by atoms with van der Waals surface area (Å²) >= 11 is 1.76. The molecule has 0 aliphatic heterocycles. The molecule has 44 heavy (non-hydrogen) atoms. The van der Waals surface area contributed by atoms with E-state index in [1.807, 2.05) is 29.3 Å². The van der Waals surface area contributed by atoms with E-state index in [0.717, 1.165) is 53.1 Å². The van der Waals surface area contributed by atoms with Crippen LogP contribution < -0.4 is 4.90 Å². The first-order valence-corrected chi connectivity index (χ1v) is 17.2. The number of thiazole rings is 1. The Hall–Kier alpha value is -3.33. The van der Waals surface area contributed by atoms with Crippen molar-refractivity contribution in [1.29, 1.82) is 0 Å². The molecule has 4 aliphatic rings. The summed E-state index contributed by atoms with van der Waals surface area (Å²) in [6.07, 6.45) is 16.0. The van der Waals surface area contributed by atoms with E-state index in [1.54, 1.807) is 23.1 Å². The Balaban J connectivity index is 1.06. The molecule has 4 aliphatic carbocycles. The maximum Gasteiger partial charge on any atom is 0.306 e. The molecule has 7 nitrogen and oxygen atoms in total. The summed E-state index contributed by atoms with van der Waals surface area (Å²) in [6.45, 7) is 0.672. The van der Waals surface area contributed by atoms with Crippen LogP contribution in [0, 0.1) is 35.5 Å². The molecule has 0 radical (unpaired) electrons. The fourth-order valence-corrected chi connectivity index (χ4v) is 8.82. The zero-order chi connectivity index (χ0) is 30.4. The van der Waals surface area contributed by atoms with Crippen LogP contribution >= 0.6 is 11.3 Å². The third kappa shape index (κ3) is 6.00. The third-order valence-corrected chi connectivity index (χ3v) is 11.8. The lowest BCUT2D eigenvalue weighted by Crippen LogP contribution is -2.42. The van der Waals surface area contributed by atoms with Crippen LogP contribution in [0.4, 0.5) is 10.1 Å². The van der Waals surface area contributed by atoms with Crippen molar-refractivity contribution in [3.8, 4) is 10.4 Å². The van der Waals surface area contributed by atoms with Gasteiger partial charge in [-0.15, -0.1) is 16.4 Å². The Morgan fingerprint density at radius 3 is 2.52 bits per heavy atom. The first-order chi connectivity index (χ1) is 21.3. The van der Waals surface area contributed by atoms with Gasteiger partial charge in [-0.2, -0.15) is 4.39 Å². The van der Waals surface area contributed by atoms with Gasteiger partial charge in [-0.1, -0.05) is 18.2 Å². The summed E-state index contributed by atoms with van der Waals surface area (Å²) < 4.78 is 16.1. The molecule has 1 aromatic carbocycles. The number of benzene rings is 1. The second kappa shape index (κ2) is 12.2. The van der Waals surface area contributed by atoms with Crippen molar-refractivity contribution in [1.82, 2.24) is 14.8 Å². The van der Waals surface area contributed by atoms with Crippen molar-refractivity contribution in [2.24, 2.45) is 36.6 Å². The number of nitrogens with zero attached hydrogens (tertiary/aromatic N) is 4. The number of hydrogen-bond acceptors (Lipinski definition) is 5. The highest BCUT2D eigenvalue weighted by molar-refractivity contribution is 7.15. The zero-order valence-electron chi connectivity index (χ0n) is 25.3. The van der Waals surface area contributed by atoms with Crippen LogP contribution in [0.5, 0.6) is 0 Å². The van der Waals surface area contributed by atoms with Gasteiger partial charge in [0.1, 0.15) is 0 Å². The maximum absolute atomic E-state index is 14.4. The summed E-state index contributed by atoms with van der Waals surface area (Å²) in [5.41, 5.74) is 3.63. The topological polar surface area (TPSA) is 88.3 Å². The number of halogens is 1. The minimum absolute atomic E-state index is 0.130. The van der Waals surface area contributed by atoms with Gasteiger partial charge in [0, 0.05) is 42.9 Å². The van der Waals surface area contributed by atoms with Gasteiger partial charge in [-0.25, -0.2) is 4.98 Å². The number of aliphatic carboxylic acids is 1. The number of aryl methyl sites for hydroxylation is 1. The van der Waals surface area contributed by atoms with E-state index in [-0.39, 0.29) is 23.7 Å². The minimum atomic E-state index is -0.748. The number of carboxylic acids is 1. The molecule has 1 amide bonds. The van der Waals surface area contributed by atoms with Gasteiger partial charge in [0.2, 0.25) is 11.9 Å². The number of carboxylic acid groups (broad SMARTS) is 1. The minimum Gasteiger partial charge on any atom is -0.481 e. The summed E-state index contributed by atoms with van der Waals surface area (Å²) in [4.78, 5) is 33.6. The lowest BCUT2D eigenvalue weighted by molar-refractivity contribution is -0.144. The second-order valence-corrected chi connectivity index (χ2v) is 14.6.